The van der Waals surface area contributed by atoms with Crippen molar-refractivity contribution < 1.29 is 0 Å². The van der Waals surface area contributed by atoms with Gasteiger partial charge in [-0.05, 0) is 25.8 Å². The number of nitriles is 1. The number of rotatable bonds is 4. The fourth-order valence-electron chi connectivity index (χ4n) is 2.21. The van der Waals surface area contributed by atoms with Crippen molar-refractivity contribution in [3.05, 3.63) is 0 Å². The maximum Gasteiger partial charge on any atom is 0.0635 e. The molecule has 74 valence electrons. The summed E-state index contributed by atoms with van der Waals surface area (Å²) in [6.45, 7) is 4.45. The van der Waals surface area contributed by atoms with Gasteiger partial charge < -0.3 is 0 Å². The highest BCUT2D eigenvalue weighted by molar-refractivity contribution is 4.80. The van der Waals surface area contributed by atoms with Crippen LogP contribution in [-0.4, -0.2) is 24.0 Å². The molecule has 0 aromatic heterocycles. The molecule has 2 nitrogen and oxygen atoms in total. The molecule has 1 fully saturated rings. The summed E-state index contributed by atoms with van der Waals surface area (Å²) in [7, 11) is 0. The Morgan fingerprint density at radius 1 is 1.46 bits per heavy atom. The maximum atomic E-state index is 8.54. The van der Waals surface area contributed by atoms with Gasteiger partial charge in [0.05, 0.1) is 6.07 Å². The van der Waals surface area contributed by atoms with Gasteiger partial charge in [0.1, 0.15) is 0 Å². The first-order valence-corrected chi connectivity index (χ1v) is 5.49. The molecule has 0 N–H and O–H groups in total. The zero-order valence-corrected chi connectivity index (χ0v) is 8.63. The zero-order chi connectivity index (χ0) is 9.52. The van der Waals surface area contributed by atoms with Gasteiger partial charge in [-0.3, -0.25) is 4.90 Å². The van der Waals surface area contributed by atoms with E-state index >= 15 is 0 Å². The van der Waals surface area contributed by atoms with Crippen molar-refractivity contribution in [2.45, 2.75) is 51.5 Å². The topological polar surface area (TPSA) is 27.0 Å². The first-order chi connectivity index (χ1) is 6.38. The van der Waals surface area contributed by atoms with Crippen LogP contribution in [0.2, 0.25) is 0 Å². The smallest absolute Gasteiger partial charge is 0.0635 e. The van der Waals surface area contributed by atoms with Crippen molar-refractivity contribution in [3.8, 4) is 6.07 Å². The molecule has 0 bridgehead atoms. The second-order valence-corrected chi connectivity index (χ2v) is 3.88. The lowest BCUT2D eigenvalue weighted by molar-refractivity contribution is 0.142. The van der Waals surface area contributed by atoms with Crippen LogP contribution in [0.5, 0.6) is 0 Å². The van der Waals surface area contributed by atoms with E-state index < -0.39 is 0 Å². The van der Waals surface area contributed by atoms with E-state index in [0.717, 1.165) is 12.6 Å². The van der Waals surface area contributed by atoms with Gasteiger partial charge in [0.15, 0.2) is 0 Å². The minimum atomic E-state index is 0.695. The van der Waals surface area contributed by atoms with Crippen LogP contribution in [0, 0.1) is 11.3 Å². The lowest BCUT2D eigenvalue weighted by Gasteiger charge is -2.35. The largest absolute Gasteiger partial charge is 0.299 e. The lowest BCUT2D eigenvalue weighted by Crippen LogP contribution is -2.39. The second kappa shape index (κ2) is 5.99. The molecule has 0 saturated carbocycles. The minimum absolute atomic E-state index is 0.695. The molecule has 0 amide bonds. The summed E-state index contributed by atoms with van der Waals surface area (Å²) in [6.07, 6.45) is 7.33. The summed E-state index contributed by atoms with van der Waals surface area (Å²) >= 11 is 0. The molecule has 0 aromatic rings. The standard InChI is InChI=1S/C11H20N2/c1-2-6-11-7-3-4-9-13(11)10-5-8-12/h11H,2-7,9-10H2,1H3. The van der Waals surface area contributed by atoms with Crippen molar-refractivity contribution in [1.29, 1.82) is 5.26 Å². The molecule has 1 aliphatic rings. The Balaban J connectivity index is 2.33. The van der Waals surface area contributed by atoms with Crippen LogP contribution in [0.1, 0.15) is 45.4 Å². The van der Waals surface area contributed by atoms with Crippen LogP contribution in [-0.2, 0) is 0 Å². The van der Waals surface area contributed by atoms with Crippen LogP contribution in [0.3, 0.4) is 0 Å². The van der Waals surface area contributed by atoms with E-state index in [1.54, 1.807) is 0 Å². The fraction of sp³-hybridized carbons (Fsp3) is 0.909. The van der Waals surface area contributed by atoms with E-state index in [-0.39, 0.29) is 0 Å². The molecule has 2 heteroatoms. The van der Waals surface area contributed by atoms with Crippen molar-refractivity contribution >= 4 is 0 Å². The number of hydrogen-bond acceptors (Lipinski definition) is 2. The predicted molar refractivity (Wildman–Crippen MR) is 54.4 cm³/mol. The van der Waals surface area contributed by atoms with Gasteiger partial charge >= 0.3 is 0 Å². The molecule has 0 spiro atoms. The summed E-state index contributed by atoms with van der Waals surface area (Å²) in [5, 5.41) is 8.54. The van der Waals surface area contributed by atoms with Gasteiger partial charge in [-0.1, -0.05) is 19.8 Å². The number of nitrogens with zero attached hydrogens (tertiary/aromatic N) is 2. The van der Waals surface area contributed by atoms with Gasteiger partial charge in [0, 0.05) is 19.0 Å². The van der Waals surface area contributed by atoms with Crippen LogP contribution >= 0.6 is 0 Å². The highest BCUT2D eigenvalue weighted by atomic mass is 15.2. The summed E-state index contributed by atoms with van der Waals surface area (Å²) in [5.41, 5.74) is 0. The van der Waals surface area contributed by atoms with Gasteiger partial charge in [-0.25, -0.2) is 0 Å². The molecule has 0 radical (unpaired) electrons. The third kappa shape index (κ3) is 3.36. The number of hydrogen-bond donors (Lipinski definition) is 0. The summed E-state index contributed by atoms with van der Waals surface area (Å²) in [6, 6.07) is 3.01. The Hall–Kier alpha value is -0.550. The van der Waals surface area contributed by atoms with Crippen molar-refractivity contribution in [2.24, 2.45) is 0 Å². The Morgan fingerprint density at radius 2 is 2.31 bits per heavy atom. The molecule has 13 heavy (non-hydrogen) atoms. The second-order valence-electron chi connectivity index (χ2n) is 3.88. The predicted octanol–water partition coefficient (Wildman–Crippen LogP) is 2.55. The highest BCUT2D eigenvalue weighted by Crippen LogP contribution is 2.20. The van der Waals surface area contributed by atoms with Crippen molar-refractivity contribution in [1.82, 2.24) is 4.90 Å². The number of likely N-dealkylation sites (tertiary alicyclic amines) is 1. The molecule has 1 aliphatic heterocycles. The first-order valence-electron chi connectivity index (χ1n) is 5.49. The molecule has 0 aromatic carbocycles. The van der Waals surface area contributed by atoms with Gasteiger partial charge in [-0.15, -0.1) is 0 Å². The Morgan fingerprint density at radius 3 is 3.00 bits per heavy atom. The van der Waals surface area contributed by atoms with Crippen molar-refractivity contribution in [3.63, 3.8) is 0 Å². The molecule has 1 rings (SSSR count). The van der Waals surface area contributed by atoms with E-state index in [0.29, 0.717) is 6.42 Å². The Kier molecular flexibility index (Phi) is 4.85. The van der Waals surface area contributed by atoms with E-state index in [2.05, 4.69) is 17.9 Å². The van der Waals surface area contributed by atoms with Gasteiger partial charge in [0.2, 0.25) is 0 Å². The molecular weight excluding hydrogens is 160 g/mol. The quantitative estimate of drug-likeness (QED) is 0.665. The SMILES string of the molecule is CCCC1CCCCN1CCC#N. The lowest BCUT2D eigenvalue weighted by atomic mass is 9.98. The molecule has 0 aliphatic carbocycles. The van der Waals surface area contributed by atoms with Crippen LogP contribution in [0.25, 0.3) is 0 Å². The van der Waals surface area contributed by atoms with Crippen LogP contribution in [0.4, 0.5) is 0 Å². The van der Waals surface area contributed by atoms with E-state index in [9.17, 15) is 0 Å². The Bertz CT molecular complexity index is 169. The average molecular weight is 180 g/mol. The maximum absolute atomic E-state index is 8.54. The monoisotopic (exact) mass is 180 g/mol. The molecule has 1 saturated heterocycles. The van der Waals surface area contributed by atoms with Crippen LogP contribution in [0.15, 0.2) is 0 Å². The average Bonchev–Trinajstić information content (AvgIpc) is 2.17. The van der Waals surface area contributed by atoms with E-state index in [1.807, 2.05) is 0 Å². The molecular formula is C11H20N2. The third-order valence-corrected chi connectivity index (χ3v) is 2.88. The summed E-state index contributed by atoms with van der Waals surface area (Å²) in [5.74, 6) is 0. The fourth-order valence-corrected chi connectivity index (χ4v) is 2.21. The van der Waals surface area contributed by atoms with Gasteiger partial charge in [-0.2, -0.15) is 5.26 Å². The van der Waals surface area contributed by atoms with Crippen molar-refractivity contribution in [2.75, 3.05) is 13.1 Å². The first kappa shape index (κ1) is 10.5. The van der Waals surface area contributed by atoms with Gasteiger partial charge in [0.25, 0.3) is 0 Å². The van der Waals surface area contributed by atoms with E-state index in [4.69, 9.17) is 5.26 Å². The summed E-state index contributed by atoms with van der Waals surface area (Å²) in [4.78, 5) is 2.51. The molecule has 1 unspecified atom stereocenters. The normalized spacial score (nSPS) is 24.2. The van der Waals surface area contributed by atoms with Crippen LogP contribution < -0.4 is 0 Å². The third-order valence-electron chi connectivity index (χ3n) is 2.88. The van der Waals surface area contributed by atoms with E-state index in [1.165, 1.54) is 38.6 Å². The summed E-state index contributed by atoms with van der Waals surface area (Å²) < 4.78 is 0. The molecule has 1 heterocycles. The zero-order valence-electron chi connectivity index (χ0n) is 8.63. The molecule has 1 atom stereocenters. The number of piperidine rings is 1. The highest BCUT2D eigenvalue weighted by Gasteiger charge is 2.20. The Labute approximate surface area is 81.5 Å². The minimum Gasteiger partial charge on any atom is -0.299 e.